The third kappa shape index (κ3) is 4.81. The summed E-state index contributed by atoms with van der Waals surface area (Å²) in [6.07, 6.45) is 3.90. The molecule has 0 bridgehead atoms. The molecule has 0 saturated carbocycles. The molecule has 0 aliphatic rings. The number of sulfonamides is 1. The molecule has 0 radical (unpaired) electrons. The predicted molar refractivity (Wildman–Crippen MR) is 81.5 cm³/mol. The van der Waals surface area contributed by atoms with E-state index in [1.807, 2.05) is 32.1 Å². The highest BCUT2D eigenvalue weighted by Gasteiger charge is 2.18. The zero-order valence-corrected chi connectivity index (χ0v) is 13.2. The molecule has 2 aromatic rings. The third-order valence-corrected chi connectivity index (χ3v) is 3.00. The van der Waals surface area contributed by atoms with E-state index in [0.717, 1.165) is 4.68 Å². The Morgan fingerprint density at radius 2 is 1.91 bits per heavy atom. The summed E-state index contributed by atoms with van der Waals surface area (Å²) in [6.45, 7) is 0. The first kappa shape index (κ1) is 17.6. The van der Waals surface area contributed by atoms with E-state index in [2.05, 4.69) is 10.1 Å². The minimum absolute atomic E-state index is 0.00630. The van der Waals surface area contributed by atoms with Crippen LogP contribution in [0.15, 0.2) is 29.6 Å². The summed E-state index contributed by atoms with van der Waals surface area (Å²) in [7, 11) is 2.01. The molecule has 118 valence electrons. The molecule has 0 spiro atoms. The summed E-state index contributed by atoms with van der Waals surface area (Å²) in [5.74, 6) is -0.00630. The van der Waals surface area contributed by atoms with E-state index >= 15 is 0 Å². The number of nitrogen functional groups attached to an aromatic ring is 1. The first-order chi connectivity index (χ1) is 10.1. The second-order valence-electron chi connectivity index (χ2n) is 4.76. The number of nitrogens with zero attached hydrogens (tertiary/aromatic N) is 5. The van der Waals surface area contributed by atoms with Gasteiger partial charge in [0.2, 0.25) is 10.0 Å². The Morgan fingerprint density at radius 1 is 1.32 bits per heavy atom. The van der Waals surface area contributed by atoms with E-state index in [1.165, 1.54) is 24.7 Å². The van der Waals surface area contributed by atoms with Crippen molar-refractivity contribution in [2.24, 2.45) is 5.14 Å². The third-order valence-electron chi connectivity index (χ3n) is 2.09. The minimum atomic E-state index is -3.99. The molecule has 0 aromatic carbocycles. The zero-order valence-electron chi connectivity index (χ0n) is 12.4. The van der Waals surface area contributed by atoms with Crippen molar-refractivity contribution in [1.29, 1.82) is 5.26 Å². The van der Waals surface area contributed by atoms with Crippen molar-refractivity contribution in [2.45, 2.75) is 4.90 Å². The highest BCUT2D eigenvalue weighted by molar-refractivity contribution is 7.89. The van der Waals surface area contributed by atoms with Crippen LogP contribution in [0.3, 0.4) is 0 Å². The average Bonchev–Trinajstić information content (AvgIpc) is 2.85. The Labute approximate surface area is 128 Å². The van der Waals surface area contributed by atoms with E-state index in [0.29, 0.717) is 0 Å². The lowest BCUT2D eigenvalue weighted by molar-refractivity contribution is 0.505. The summed E-state index contributed by atoms with van der Waals surface area (Å²) in [6, 6.07) is 3.06. The Hall–Kier alpha value is -2.48. The largest absolute Gasteiger partial charge is 0.397 e. The van der Waals surface area contributed by atoms with Gasteiger partial charge in [-0.15, -0.1) is 0 Å². The van der Waals surface area contributed by atoms with Gasteiger partial charge in [0.1, 0.15) is 11.0 Å². The van der Waals surface area contributed by atoms with Crippen molar-refractivity contribution in [1.82, 2.24) is 19.7 Å². The van der Waals surface area contributed by atoms with E-state index in [-0.39, 0.29) is 22.0 Å². The van der Waals surface area contributed by atoms with Crippen LogP contribution in [0.5, 0.6) is 0 Å². The SMILES string of the molecule is CN(C)C.N#Cc1cnn(-c2ncc(N)cc2S(N)(=O)=O)c1. The van der Waals surface area contributed by atoms with E-state index < -0.39 is 10.0 Å². The standard InChI is InChI=1S/C9H8N6O2S.C3H9N/c10-2-6-3-14-15(5-6)9-8(18(12,16)17)1-7(11)4-13-9;1-4(2)3/h1,3-5H,11H2,(H2,12,16,17);1-3H3. The average molecular weight is 323 g/mol. The molecule has 22 heavy (non-hydrogen) atoms. The number of pyridine rings is 1. The molecule has 0 aliphatic heterocycles. The van der Waals surface area contributed by atoms with Gasteiger partial charge in [-0.2, -0.15) is 10.4 Å². The monoisotopic (exact) mass is 323 g/mol. The number of aromatic nitrogens is 3. The van der Waals surface area contributed by atoms with Crippen LogP contribution in [0.4, 0.5) is 5.69 Å². The number of hydrogen-bond acceptors (Lipinski definition) is 7. The van der Waals surface area contributed by atoms with Crippen LogP contribution >= 0.6 is 0 Å². The van der Waals surface area contributed by atoms with Crippen molar-refractivity contribution in [2.75, 3.05) is 26.9 Å². The summed E-state index contributed by atoms with van der Waals surface area (Å²) < 4.78 is 24.0. The number of hydrogen-bond donors (Lipinski definition) is 2. The molecule has 0 amide bonds. The van der Waals surface area contributed by atoms with Gasteiger partial charge < -0.3 is 10.6 Å². The maximum absolute atomic E-state index is 11.4. The second kappa shape index (κ2) is 6.99. The van der Waals surface area contributed by atoms with Crippen LogP contribution in [0.1, 0.15) is 5.56 Å². The number of anilines is 1. The normalized spacial score (nSPS) is 10.7. The van der Waals surface area contributed by atoms with E-state index in [1.54, 1.807) is 0 Å². The quantitative estimate of drug-likeness (QED) is 0.761. The number of primary sulfonamides is 1. The number of rotatable bonds is 2. The van der Waals surface area contributed by atoms with Gasteiger partial charge >= 0.3 is 0 Å². The van der Waals surface area contributed by atoms with Gasteiger partial charge in [-0.05, 0) is 27.2 Å². The highest BCUT2D eigenvalue weighted by atomic mass is 32.2. The fraction of sp³-hybridized carbons (Fsp3) is 0.250. The van der Waals surface area contributed by atoms with Gasteiger partial charge in [0.05, 0.1) is 29.8 Å². The summed E-state index contributed by atoms with van der Waals surface area (Å²) in [4.78, 5) is 5.61. The Bertz CT molecular complexity index is 787. The molecule has 0 fully saturated rings. The number of nitriles is 1. The first-order valence-electron chi connectivity index (χ1n) is 5.99. The van der Waals surface area contributed by atoms with Crippen molar-refractivity contribution < 1.29 is 8.42 Å². The molecular weight excluding hydrogens is 306 g/mol. The molecule has 4 N–H and O–H groups in total. The van der Waals surface area contributed by atoms with Crippen LogP contribution in [0.2, 0.25) is 0 Å². The Kier molecular flexibility index (Phi) is 5.58. The second-order valence-corrected chi connectivity index (χ2v) is 6.29. The molecule has 0 atom stereocenters. The first-order valence-corrected chi connectivity index (χ1v) is 7.54. The van der Waals surface area contributed by atoms with Crippen LogP contribution in [0.25, 0.3) is 5.82 Å². The van der Waals surface area contributed by atoms with Crippen molar-refractivity contribution >= 4 is 15.7 Å². The molecule has 0 unspecified atom stereocenters. The smallest absolute Gasteiger partial charge is 0.241 e. The van der Waals surface area contributed by atoms with Crippen LogP contribution in [0, 0.1) is 11.3 Å². The molecule has 0 aliphatic carbocycles. The minimum Gasteiger partial charge on any atom is -0.397 e. The molecule has 2 aromatic heterocycles. The van der Waals surface area contributed by atoms with Gasteiger partial charge in [0.25, 0.3) is 0 Å². The summed E-state index contributed by atoms with van der Waals surface area (Å²) in [5.41, 5.74) is 5.90. The zero-order chi connectivity index (χ0) is 16.9. The van der Waals surface area contributed by atoms with Gasteiger partial charge in [0.15, 0.2) is 5.82 Å². The van der Waals surface area contributed by atoms with Crippen LogP contribution < -0.4 is 10.9 Å². The maximum Gasteiger partial charge on any atom is 0.241 e. The number of nitrogens with two attached hydrogens (primary N) is 2. The Balaban J connectivity index is 0.000000541. The lowest BCUT2D eigenvalue weighted by Gasteiger charge is -2.07. The van der Waals surface area contributed by atoms with Crippen LogP contribution in [-0.2, 0) is 10.0 Å². The lowest BCUT2D eigenvalue weighted by Crippen LogP contribution is -2.17. The van der Waals surface area contributed by atoms with Gasteiger partial charge in [0, 0.05) is 0 Å². The van der Waals surface area contributed by atoms with Crippen LogP contribution in [-0.4, -0.2) is 49.2 Å². The predicted octanol–water partition coefficient (Wildman–Crippen LogP) is -0.454. The molecule has 2 heterocycles. The lowest BCUT2D eigenvalue weighted by atomic mass is 10.4. The molecule has 0 saturated heterocycles. The van der Waals surface area contributed by atoms with Crippen molar-refractivity contribution in [3.8, 4) is 11.9 Å². The summed E-state index contributed by atoms with van der Waals surface area (Å²) in [5, 5.41) is 17.6. The van der Waals surface area contributed by atoms with Crippen molar-refractivity contribution in [3.05, 3.63) is 30.2 Å². The maximum atomic E-state index is 11.4. The molecule has 9 nitrogen and oxygen atoms in total. The molecule has 10 heteroatoms. The van der Waals surface area contributed by atoms with Gasteiger partial charge in [-0.25, -0.2) is 23.2 Å². The Morgan fingerprint density at radius 3 is 2.36 bits per heavy atom. The topological polar surface area (TPSA) is 144 Å². The van der Waals surface area contributed by atoms with E-state index in [9.17, 15) is 8.42 Å². The van der Waals surface area contributed by atoms with Gasteiger partial charge in [-0.3, -0.25) is 0 Å². The highest BCUT2D eigenvalue weighted by Crippen LogP contribution is 2.18. The summed E-state index contributed by atoms with van der Waals surface area (Å²) >= 11 is 0. The molecule has 2 rings (SSSR count). The fourth-order valence-corrected chi connectivity index (χ4v) is 2.03. The van der Waals surface area contributed by atoms with E-state index in [4.69, 9.17) is 16.1 Å². The fourth-order valence-electron chi connectivity index (χ4n) is 1.33. The van der Waals surface area contributed by atoms with Crippen molar-refractivity contribution in [3.63, 3.8) is 0 Å². The van der Waals surface area contributed by atoms with Gasteiger partial charge in [-0.1, -0.05) is 0 Å². The molecular formula is C12H17N7O2S.